The highest BCUT2D eigenvalue weighted by Crippen LogP contribution is 2.31. The Hall–Kier alpha value is -2.77. The van der Waals surface area contributed by atoms with Gasteiger partial charge in [0.1, 0.15) is 11.5 Å². The van der Waals surface area contributed by atoms with Crippen molar-refractivity contribution < 1.29 is 19.1 Å². The van der Waals surface area contributed by atoms with E-state index in [9.17, 15) is 9.59 Å². The lowest BCUT2D eigenvalue weighted by molar-refractivity contribution is -0.134. The molecule has 7 nitrogen and oxygen atoms in total. The lowest BCUT2D eigenvalue weighted by atomic mass is 10.1. The van der Waals surface area contributed by atoms with Gasteiger partial charge in [-0.15, -0.1) is 0 Å². The van der Waals surface area contributed by atoms with Crippen LogP contribution in [0.4, 0.5) is 5.69 Å². The molecule has 31 heavy (non-hydrogen) atoms. The number of anilines is 1. The number of benzene rings is 2. The largest absolute Gasteiger partial charge is 0.497 e. The van der Waals surface area contributed by atoms with Gasteiger partial charge in [0.05, 0.1) is 38.0 Å². The molecular formula is C23H28ClN3O4. The van der Waals surface area contributed by atoms with Crippen molar-refractivity contribution in [2.45, 2.75) is 25.4 Å². The van der Waals surface area contributed by atoms with Crippen LogP contribution in [0.25, 0.3) is 0 Å². The third-order valence-corrected chi connectivity index (χ3v) is 5.55. The van der Waals surface area contributed by atoms with Crippen molar-refractivity contribution in [3.63, 3.8) is 0 Å². The van der Waals surface area contributed by atoms with Crippen LogP contribution in [0.3, 0.4) is 0 Å². The maximum absolute atomic E-state index is 12.8. The van der Waals surface area contributed by atoms with Crippen LogP contribution in [-0.4, -0.2) is 62.0 Å². The van der Waals surface area contributed by atoms with Crippen molar-refractivity contribution in [1.82, 2.24) is 9.80 Å². The third kappa shape index (κ3) is 6.35. The molecule has 3 rings (SSSR count). The quantitative estimate of drug-likeness (QED) is 0.606. The second-order valence-electron chi connectivity index (χ2n) is 7.59. The molecule has 1 saturated carbocycles. The summed E-state index contributed by atoms with van der Waals surface area (Å²) < 4.78 is 10.8. The SMILES string of the molecule is COc1ccc(OC)c(CN(CC(=O)N(C)CC(=O)Nc2ccccc2Cl)C2CC2)c1. The highest BCUT2D eigenvalue weighted by atomic mass is 35.5. The standard InChI is InChI=1S/C23H28ClN3O4/c1-26(14-22(28)25-20-7-5-4-6-19(20)24)23(29)15-27(17-8-9-17)13-16-12-18(30-2)10-11-21(16)31-3/h4-7,10-12,17H,8-9,13-15H2,1-3H3,(H,25,28). The Bertz CT molecular complexity index is 933. The molecule has 1 aliphatic carbocycles. The number of halogens is 1. The summed E-state index contributed by atoms with van der Waals surface area (Å²) in [5.41, 5.74) is 1.49. The summed E-state index contributed by atoms with van der Waals surface area (Å²) in [5, 5.41) is 3.20. The number of ether oxygens (including phenoxy) is 2. The number of methoxy groups -OCH3 is 2. The first kappa shape index (κ1) is 22.9. The lowest BCUT2D eigenvalue weighted by Crippen LogP contribution is -2.42. The molecule has 166 valence electrons. The Balaban J connectivity index is 1.60. The number of hydrogen-bond acceptors (Lipinski definition) is 5. The summed E-state index contributed by atoms with van der Waals surface area (Å²) in [5.74, 6) is 1.08. The summed E-state index contributed by atoms with van der Waals surface area (Å²) in [6, 6.07) is 13.0. The molecule has 0 atom stereocenters. The number of carbonyl (C=O) groups excluding carboxylic acids is 2. The van der Waals surface area contributed by atoms with E-state index >= 15 is 0 Å². The maximum atomic E-state index is 12.8. The van der Waals surface area contributed by atoms with Gasteiger partial charge in [0.2, 0.25) is 11.8 Å². The predicted octanol–water partition coefficient (Wildman–Crippen LogP) is 3.42. The minimum atomic E-state index is -0.295. The average Bonchev–Trinajstić information content (AvgIpc) is 3.60. The van der Waals surface area contributed by atoms with Gasteiger partial charge in [-0.2, -0.15) is 0 Å². The zero-order chi connectivity index (χ0) is 22.4. The highest BCUT2D eigenvalue weighted by Gasteiger charge is 2.32. The highest BCUT2D eigenvalue weighted by molar-refractivity contribution is 6.33. The number of hydrogen-bond donors (Lipinski definition) is 1. The zero-order valence-electron chi connectivity index (χ0n) is 18.1. The van der Waals surface area contributed by atoms with Gasteiger partial charge in [-0.25, -0.2) is 0 Å². The lowest BCUT2D eigenvalue weighted by Gasteiger charge is -2.25. The molecule has 0 aromatic heterocycles. The number of likely N-dealkylation sites (N-methyl/N-ethyl adjacent to an activating group) is 1. The van der Waals surface area contributed by atoms with Crippen LogP contribution in [0, 0.1) is 0 Å². The second kappa shape index (κ2) is 10.5. The Morgan fingerprint density at radius 1 is 1.10 bits per heavy atom. The van der Waals surface area contributed by atoms with E-state index in [0.717, 1.165) is 29.9 Å². The van der Waals surface area contributed by atoms with Gasteiger partial charge < -0.3 is 19.7 Å². The smallest absolute Gasteiger partial charge is 0.244 e. The van der Waals surface area contributed by atoms with Gasteiger partial charge in [-0.05, 0) is 43.2 Å². The fraction of sp³-hybridized carbons (Fsp3) is 0.391. The van der Waals surface area contributed by atoms with E-state index in [0.29, 0.717) is 23.3 Å². The molecule has 2 amide bonds. The van der Waals surface area contributed by atoms with Crippen molar-refractivity contribution in [3.05, 3.63) is 53.1 Å². The van der Waals surface area contributed by atoms with E-state index < -0.39 is 0 Å². The van der Waals surface area contributed by atoms with Gasteiger partial charge in [0, 0.05) is 25.2 Å². The van der Waals surface area contributed by atoms with Crippen molar-refractivity contribution in [3.8, 4) is 11.5 Å². The molecule has 2 aromatic carbocycles. The van der Waals surface area contributed by atoms with Crippen LogP contribution in [0.2, 0.25) is 5.02 Å². The molecule has 1 N–H and O–H groups in total. The van der Waals surface area contributed by atoms with Crippen LogP contribution in [0.1, 0.15) is 18.4 Å². The topological polar surface area (TPSA) is 71.1 Å². The molecule has 0 saturated heterocycles. The van der Waals surface area contributed by atoms with Crippen molar-refractivity contribution in [1.29, 1.82) is 0 Å². The predicted molar refractivity (Wildman–Crippen MR) is 121 cm³/mol. The third-order valence-electron chi connectivity index (χ3n) is 5.22. The van der Waals surface area contributed by atoms with Crippen LogP contribution < -0.4 is 14.8 Å². The Labute approximate surface area is 187 Å². The first-order valence-electron chi connectivity index (χ1n) is 10.1. The van der Waals surface area contributed by atoms with E-state index in [2.05, 4.69) is 10.2 Å². The summed E-state index contributed by atoms with van der Waals surface area (Å²) in [4.78, 5) is 28.7. The van der Waals surface area contributed by atoms with Gasteiger partial charge in [0.15, 0.2) is 0 Å². The van der Waals surface area contributed by atoms with Gasteiger partial charge in [-0.1, -0.05) is 23.7 Å². The fourth-order valence-electron chi connectivity index (χ4n) is 3.33. The summed E-state index contributed by atoms with van der Waals surface area (Å²) in [7, 11) is 4.88. The normalized spacial score (nSPS) is 13.1. The molecule has 0 aliphatic heterocycles. The number of rotatable bonds is 10. The van der Waals surface area contributed by atoms with Crippen LogP contribution in [0.5, 0.6) is 11.5 Å². The van der Waals surface area contributed by atoms with Crippen molar-refractivity contribution in [2.75, 3.05) is 39.7 Å². The summed E-state index contributed by atoms with van der Waals surface area (Å²) in [6.07, 6.45) is 2.10. The average molecular weight is 446 g/mol. The molecule has 1 aliphatic rings. The molecule has 8 heteroatoms. The zero-order valence-corrected chi connectivity index (χ0v) is 18.8. The minimum absolute atomic E-state index is 0.0506. The maximum Gasteiger partial charge on any atom is 0.244 e. The molecule has 0 spiro atoms. The minimum Gasteiger partial charge on any atom is -0.497 e. The Kier molecular flexibility index (Phi) is 7.76. The number of para-hydroxylation sites is 1. The molecule has 0 radical (unpaired) electrons. The van der Waals surface area contributed by atoms with Gasteiger partial charge >= 0.3 is 0 Å². The molecule has 1 fully saturated rings. The first-order valence-corrected chi connectivity index (χ1v) is 10.5. The van der Waals surface area contributed by atoms with Crippen molar-refractivity contribution >= 4 is 29.1 Å². The second-order valence-corrected chi connectivity index (χ2v) is 8.00. The van der Waals surface area contributed by atoms with Gasteiger partial charge in [0.25, 0.3) is 0 Å². The Morgan fingerprint density at radius 3 is 2.48 bits per heavy atom. The summed E-state index contributed by atoms with van der Waals surface area (Å²) in [6.45, 7) is 0.738. The monoisotopic (exact) mass is 445 g/mol. The number of nitrogens with one attached hydrogen (secondary N) is 1. The van der Waals surface area contributed by atoms with E-state index in [-0.39, 0.29) is 24.9 Å². The van der Waals surface area contributed by atoms with Crippen LogP contribution in [-0.2, 0) is 16.1 Å². The van der Waals surface area contributed by atoms with E-state index in [1.165, 1.54) is 4.90 Å². The summed E-state index contributed by atoms with van der Waals surface area (Å²) >= 11 is 6.08. The molecule has 0 heterocycles. The van der Waals surface area contributed by atoms with E-state index in [4.69, 9.17) is 21.1 Å². The van der Waals surface area contributed by atoms with E-state index in [1.807, 2.05) is 18.2 Å². The molecule has 0 bridgehead atoms. The van der Waals surface area contributed by atoms with Crippen LogP contribution >= 0.6 is 11.6 Å². The molecule has 2 aromatic rings. The van der Waals surface area contributed by atoms with Crippen LogP contribution in [0.15, 0.2) is 42.5 Å². The van der Waals surface area contributed by atoms with Gasteiger partial charge in [-0.3, -0.25) is 14.5 Å². The molecular weight excluding hydrogens is 418 g/mol. The Morgan fingerprint density at radius 2 is 1.84 bits per heavy atom. The molecule has 0 unspecified atom stereocenters. The van der Waals surface area contributed by atoms with E-state index in [1.54, 1.807) is 45.5 Å². The first-order chi connectivity index (χ1) is 14.9. The fourth-order valence-corrected chi connectivity index (χ4v) is 3.51. The number of nitrogens with zero attached hydrogens (tertiary/aromatic N) is 2. The number of amides is 2. The number of carbonyl (C=O) groups is 2. The van der Waals surface area contributed by atoms with Crippen molar-refractivity contribution in [2.24, 2.45) is 0 Å².